The maximum absolute atomic E-state index is 13.3. The lowest BCUT2D eigenvalue weighted by Gasteiger charge is -2.20. The molecule has 1 atom stereocenters. The molecule has 2 rings (SSSR count). The predicted molar refractivity (Wildman–Crippen MR) is 123 cm³/mol. The lowest BCUT2D eigenvalue weighted by molar-refractivity contribution is -0.131. The van der Waals surface area contributed by atoms with E-state index in [-0.39, 0.29) is 30.0 Å². The van der Waals surface area contributed by atoms with Gasteiger partial charge in [0.1, 0.15) is 23.8 Å². The van der Waals surface area contributed by atoms with Crippen LogP contribution in [0.2, 0.25) is 0 Å². The van der Waals surface area contributed by atoms with Crippen molar-refractivity contribution in [2.75, 3.05) is 13.2 Å². The Morgan fingerprint density at radius 3 is 2.52 bits per heavy atom. The van der Waals surface area contributed by atoms with Crippen LogP contribution in [0.25, 0.3) is 0 Å². The molecule has 1 fully saturated rings. The van der Waals surface area contributed by atoms with Crippen LogP contribution in [-0.4, -0.2) is 42.6 Å². The number of amides is 2. The zero-order valence-electron chi connectivity index (χ0n) is 20.0. The van der Waals surface area contributed by atoms with Gasteiger partial charge in [-0.2, -0.15) is 0 Å². The van der Waals surface area contributed by atoms with E-state index in [4.69, 9.17) is 9.47 Å². The molecule has 1 aromatic carbocycles. The van der Waals surface area contributed by atoms with Gasteiger partial charge in [-0.05, 0) is 58.6 Å². The summed E-state index contributed by atoms with van der Waals surface area (Å²) < 4.78 is 24.0. The monoisotopic (exact) mass is 464 g/mol. The first kappa shape index (κ1) is 26.6. The van der Waals surface area contributed by atoms with Crippen molar-refractivity contribution in [3.05, 3.63) is 30.1 Å². The molecule has 0 saturated heterocycles. The molecule has 0 aromatic heterocycles. The smallest absolute Gasteiger partial charge is 0.407 e. The number of alkyl carbamates (subject to hydrolysis) is 1. The Labute approximate surface area is 195 Å². The Balaban J connectivity index is 1.79. The average Bonchev–Trinajstić information content (AvgIpc) is 3.27. The topological polar surface area (TPSA) is 93.7 Å². The van der Waals surface area contributed by atoms with E-state index in [1.807, 2.05) is 20.8 Å². The number of carbonyl (C=O) groups excluding carboxylic acids is 3. The van der Waals surface area contributed by atoms with E-state index in [1.165, 1.54) is 18.2 Å². The number of carbonyl (C=O) groups is 3. The minimum Gasteiger partial charge on any atom is -0.486 e. The molecule has 7 nitrogen and oxygen atoms in total. The Kier molecular flexibility index (Phi) is 10.6. The summed E-state index contributed by atoms with van der Waals surface area (Å²) in [6, 6.07) is 4.97. The third kappa shape index (κ3) is 10.7. The van der Waals surface area contributed by atoms with Crippen LogP contribution in [0.3, 0.4) is 0 Å². The highest BCUT2D eigenvalue weighted by atomic mass is 19.1. The summed E-state index contributed by atoms with van der Waals surface area (Å²) >= 11 is 0. The van der Waals surface area contributed by atoms with Gasteiger partial charge < -0.3 is 20.1 Å². The van der Waals surface area contributed by atoms with Gasteiger partial charge in [-0.1, -0.05) is 31.7 Å². The van der Waals surface area contributed by atoms with Crippen molar-refractivity contribution < 1.29 is 28.2 Å². The van der Waals surface area contributed by atoms with Crippen LogP contribution in [0.5, 0.6) is 5.75 Å². The molecule has 0 radical (unpaired) electrons. The highest BCUT2D eigenvalue weighted by molar-refractivity contribution is 5.90. The highest BCUT2D eigenvalue weighted by Gasteiger charge is 2.27. The van der Waals surface area contributed by atoms with Crippen molar-refractivity contribution in [2.45, 2.75) is 83.8 Å². The molecule has 1 aromatic rings. The fourth-order valence-corrected chi connectivity index (χ4v) is 3.76. The van der Waals surface area contributed by atoms with Gasteiger partial charge >= 0.3 is 6.09 Å². The largest absolute Gasteiger partial charge is 0.486 e. The van der Waals surface area contributed by atoms with Gasteiger partial charge in [0.15, 0.2) is 5.78 Å². The molecule has 1 saturated carbocycles. The second-order valence-corrected chi connectivity index (χ2v) is 9.53. The predicted octanol–water partition coefficient (Wildman–Crippen LogP) is 4.53. The number of benzene rings is 1. The Morgan fingerprint density at radius 1 is 1.12 bits per heavy atom. The summed E-state index contributed by atoms with van der Waals surface area (Å²) in [7, 11) is 0. The normalized spacial score (nSPS) is 15.0. The van der Waals surface area contributed by atoms with Gasteiger partial charge in [0.25, 0.3) is 0 Å². The van der Waals surface area contributed by atoms with Crippen molar-refractivity contribution in [3.8, 4) is 5.75 Å². The van der Waals surface area contributed by atoms with Crippen molar-refractivity contribution >= 4 is 17.8 Å². The van der Waals surface area contributed by atoms with E-state index < -0.39 is 23.6 Å². The zero-order chi connectivity index (χ0) is 24.3. The van der Waals surface area contributed by atoms with E-state index in [9.17, 15) is 18.8 Å². The average molecular weight is 465 g/mol. The molecular weight excluding hydrogens is 427 g/mol. The van der Waals surface area contributed by atoms with Crippen LogP contribution in [-0.2, 0) is 14.3 Å². The number of hydrogen-bond acceptors (Lipinski definition) is 5. The number of rotatable bonds is 12. The van der Waals surface area contributed by atoms with Crippen LogP contribution in [0.1, 0.15) is 72.1 Å². The van der Waals surface area contributed by atoms with E-state index in [1.54, 1.807) is 6.07 Å². The molecule has 184 valence electrons. The Bertz CT molecular complexity index is 787. The Hall–Kier alpha value is -2.64. The van der Waals surface area contributed by atoms with Crippen molar-refractivity contribution in [1.29, 1.82) is 0 Å². The SMILES string of the molecule is CC(C)(C)OC(=O)NCCCCC[C@H](NC(=O)C1CCCC1)C(=O)COc1cccc(F)c1. The van der Waals surface area contributed by atoms with Gasteiger partial charge in [0, 0.05) is 18.5 Å². The molecule has 8 heteroatoms. The summed E-state index contributed by atoms with van der Waals surface area (Å²) in [5, 5.41) is 5.62. The van der Waals surface area contributed by atoms with Gasteiger partial charge in [-0.3, -0.25) is 9.59 Å². The molecule has 0 unspecified atom stereocenters. The summed E-state index contributed by atoms with van der Waals surface area (Å²) in [6.07, 6.45) is 6.02. The summed E-state index contributed by atoms with van der Waals surface area (Å²) in [5.41, 5.74) is -0.539. The van der Waals surface area contributed by atoms with Crippen LogP contribution < -0.4 is 15.4 Å². The first-order valence-corrected chi connectivity index (χ1v) is 11.8. The standard InChI is InChI=1S/C25H37FN2O5/c1-25(2,3)33-24(31)27-15-8-4-5-14-21(28-23(30)18-10-6-7-11-18)22(29)17-32-20-13-9-12-19(26)16-20/h9,12-13,16,18,21H,4-8,10-11,14-15,17H2,1-3H3,(H,27,31)(H,28,30)/t21-/m0/s1. The fourth-order valence-electron chi connectivity index (χ4n) is 3.76. The van der Waals surface area contributed by atoms with Gasteiger partial charge in [-0.15, -0.1) is 0 Å². The number of Topliss-reactive ketones (excluding diaryl/α,β-unsaturated/α-hetero) is 1. The van der Waals surface area contributed by atoms with Gasteiger partial charge in [-0.25, -0.2) is 9.18 Å². The summed E-state index contributed by atoms with van der Waals surface area (Å²) in [4.78, 5) is 37.1. The number of unbranched alkanes of at least 4 members (excludes halogenated alkanes) is 2. The maximum Gasteiger partial charge on any atom is 0.407 e. The molecule has 2 amide bonds. The zero-order valence-corrected chi connectivity index (χ0v) is 20.0. The number of hydrogen-bond donors (Lipinski definition) is 2. The maximum atomic E-state index is 13.3. The van der Waals surface area contributed by atoms with E-state index in [2.05, 4.69) is 10.6 Å². The van der Waals surface area contributed by atoms with E-state index >= 15 is 0 Å². The molecule has 0 aliphatic heterocycles. The molecular formula is C25H37FN2O5. The minimum atomic E-state index is -0.648. The van der Waals surface area contributed by atoms with Crippen molar-refractivity contribution in [3.63, 3.8) is 0 Å². The molecule has 0 bridgehead atoms. The highest BCUT2D eigenvalue weighted by Crippen LogP contribution is 2.25. The molecule has 2 N–H and O–H groups in total. The van der Waals surface area contributed by atoms with E-state index in [0.29, 0.717) is 19.4 Å². The van der Waals surface area contributed by atoms with Crippen LogP contribution in [0, 0.1) is 11.7 Å². The first-order valence-electron chi connectivity index (χ1n) is 11.8. The molecule has 0 heterocycles. The quantitative estimate of drug-likeness (QED) is 0.443. The molecule has 33 heavy (non-hydrogen) atoms. The summed E-state index contributed by atoms with van der Waals surface area (Å²) in [6.45, 7) is 5.66. The minimum absolute atomic E-state index is 0.0394. The third-order valence-electron chi connectivity index (χ3n) is 5.45. The second-order valence-electron chi connectivity index (χ2n) is 9.53. The van der Waals surface area contributed by atoms with Gasteiger partial charge in [0.05, 0.1) is 6.04 Å². The van der Waals surface area contributed by atoms with Gasteiger partial charge in [0.2, 0.25) is 5.91 Å². The molecule has 1 aliphatic rings. The lowest BCUT2D eigenvalue weighted by atomic mass is 10.0. The van der Waals surface area contributed by atoms with Crippen LogP contribution in [0.4, 0.5) is 9.18 Å². The molecule has 0 spiro atoms. The van der Waals surface area contributed by atoms with Crippen LogP contribution in [0.15, 0.2) is 24.3 Å². The molecule has 1 aliphatic carbocycles. The fraction of sp³-hybridized carbons (Fsp3) is 0.640. The van der Waals surface area contributed by atoms with Crippen LogP contribution >= 0.6 is 0 Å². The first-order chi connectivity index (χ1) is 15.6. The Morgan fingerprint density at radius 2 is 1.85 bits per heavy atom. The summed E-state index contributed by atoms with van der Waals surface area (Å²) in [5.74, 6) is -0.522. The number of halogens is 1. The number of nitrogens with one attached hydrogen (secondary N) is 2. The number of ketones is 1. The van der Waals surface area contributed by atoms with E-state index in [0.717, 1.165) is 38.5 Å². The third-order valence-corrected chi connectivity index (χ3v) is 5.45. The van der Waals surface area contributed by atoms with Crippen molar-refractivity contribution in [2.24, 2.45) is 5.92 Å². The second kappa shape index (κ2) is 13.2. The number of ether oxygens (including phenoxy) is 2. The lowest BCUT2D eigenvalue weighted by Crippen LogP contribution is -2.45. The van der Waals surface area contributed by atoms with Crippen molar-refractivity contribution in [1.82, 2.24) is 10.6 Å².